The smallest absolute Gasteiger partial charge is 0.321 e. The van der Waals surface area contributed by atoms with E-state index in [2.05, 4.69) is 35.9 Å². The van der Waals surface area contributed by atoms with Crippen molar-refractivity contribution >= 4 is 0 Å². The van der Waals surface area contributed by atoms with Crippen molar-refractivity contribution in [3.63, 3.8) is 0 Å². The molecule has 0 aliphatic rings. The number of aromatic nitrogens is 2. The first-order valence-corrected chi connectivity index (χ1v) is 6.48. The molecular weight excluding hydrogens is 238 g/mol. The van der Waals surface area contributed by atoms with Crippen molar-refractivity contribution < 1.29 is 4.74 Å². The first-order valence-electron chi connectivity index (χ1n) is 6.48. The first-order chi connectivity index (χ1) is 9.19. The fourth-order valence-electron chi connectivity index (χ4n) is 1.72. The Hall–Kier alpha value is -1.94. The molecule has 1 heterocycles. The second-order valence-corrected chi connectivity index (χ2v) is 4.74. The van der Waals surface area contributed by atoms with Gasteiger partial charge in [-0.05, 0) is 42.1 Å². The lowest BCUT2D eigenvalue weighted by atomic mass is 10.0. The van der Waals surface area contributed by atoms with Crippen LogP contribution in [0.4, 0.5) is 0 Å². The molecule has 0 radical (unpaired) electrons. The van der Waals surface area contributed by atoms with Crippen molar-refractivity contribution in [2.45, 2.75) is 26.2 Å². The summed E-state index contributed by atoms with van der Waals surface area (Å²) in [5, 5.41) is 0. The summed E-state index contributed by atoms with van der Waals surface area (Å²) in [6.07, 6.45) is 4.28. The minimum atomic E-state index is 0.359. The summed E-state index contributed by atoms with van der Waals surface area (Å²) in [5.74, 6) is 1.26. The molecular formula is C15H19N3O. The largest absolute Gasteiger partial charge is 0.424 e. The summed E-state index contributed by atoms with van der Waals surface area (Å²) in [6, 6.07) is 8.35. The van der Waals surface area contributed by atoms with Gasteiger partial charge in [-0.1, -0.05) is 26.0 Å². The summed E-state index contributed by atoms with van der Waals surface area (Å²) in [5.41, 5.74) is 7.78. The third-order valence-electron chi connectivity index (χ3n) is 2.87. The normalized spacial score (nSPS) is 10.7. The Balaban J connectivity index is 2.04. The Kier molecular flexibility index (Phi) is 4.47. The molecule has 2 rings (SSSR count). The zero-order valence-electron chi connectivity index (χ0n) is 11.3. The van der Waals surface area contributed by atoms with Gasteiger partial charge in [-0.15, -0.1) is 0 Å². The van der Waals surface area contributed by atoms with Crippen LogP contribution in [0.2, 0.25) is 0 Å². The molecule has 0 aliphatic heterocycles. The molecule has 0 atom stereocenters. The van der Waals surface area contributed by atoms with Gasteiger partial charge in [0.05, 0.1) is 0 Å². The molecule has 0 aliphatic carbocycles. The zero-order chi connectivity index (χ0) is 13.7. The molecule has 4 heteroatoms. The van der Waals surface area contributed by atoms with Crippen molar-refractivity contribution in [1.82, 2.24) is 9.97 Å². The Morgan fingerprint density at radius 2 is 1.74 bits per heavy atom. The summed E-state index contributed by atoms with van der Waals surface area (Å²) in [4.78, 5) is 8.32. The first kappa shape index (κ1) is 13.5. The van der Waals surface area contributed by atoms with Crippen LogP contribution in [-0.4, -0.2) is 16.5 Å². The van der Waals surface area contributed by atoms with Gasteiger partial charge in [0.2, 0.25) is 0 Å². The predicted octanol–water partition coefficient (Wildman–Crippen LogP) is 2.89. The number of hydrogen-bond donors (Lipinski definition) is 1. The highest BCUT2D eigenvalue weighted by molar-refractivity contribution is 5.30. The van der Waals surface area contributed by atoms with E-state index in [4.69, 9.17) is 10.5 Å². The zero-order valence-corrected chi connectivity index (χ0v) is 11.3. The quantitative estimate of drug-likeness (QED) is 0.894. The van der Waals surface area contributed by atoms with E-state index < -0.39 is 0 Å². The molecule has 0 saturated carbocycles. The van der Waals surface area contributed by atoms with E-state index >= 15 is 0 Å². The maximum absolute atomic E-state index is 5.59. The average molecular weight is 257 g/mol. The van der Waals surface area contributed by atoms with Gasteiger partial charge in [0.25, 0.3) is 0 Å². The number of ether oxygens (including phenoxy) is 1. The van der Waals surface area contributed by atoms with Gasteiger partial charge in [-0.3, -0.25) is 0 Å². The van der Waals surface area contributed by atoms with E-state index in [1.165, 1.54) is 5.56 Å². The van der Waals surface area contributed by atoms with Crippen LogP contribution in [0.3, 0.4) is 0 Å². The summed E-state index contributed by atoms with van der Waals surface area (Å²) >= 11 is 0. The van der Waals surface area contributed by atoms with E-state index in [1.807, 2.05) is 12.1 Å². The van der Waals surface area contributed by atoms with Crippen molar-refractivity contribution in [2.24, 2.45) is 5.73 Å². The summed E-state index contributed by atoms with van der Waals surface area (Å²) in [7, 11) is 0. The fourth-order valence-corrected chi connectivity index (χ4v) is 1.72. The Bertz CT molecular complexity index is 506. The molecule has 0 spiro atoms. The van der Waals surface area contributed by atoms with Gasteiger partial charge >= 0.3 is 6.01 Å². The Labute approximate surface area is 113 Å². The van der Waals surface area contributed by atoms with E-state index in [0.717, 1.165) is 17.7 Å². The SMILES string of the molecule is CC(C)c1ccc(Oc2ncc(CCN)cn2)cc1. The van der Waals surface area contributed by atoms with E-state index in [0.29, 0.717) is 18.5 Å². The van der Waals surface area contributed by atoms with Gasteiger partial charge in [-0.2, -0.15) is 0 Å². The molecule has 100 valence electrons. The highest BCUT2D eigenvalue weighted by Crippen LogP contribution is 2.21. The molecule has 1 aromatic heterocycles. The molecule has 0 bridgehead atoms. The number of nitrogens with two attached hydrogens (primary N) is 1. The summed E-state index contributed by atoms with van der Waals surface area (Å²) < 4.78 is 5.59. The molecule has 19 heavy (non-hydrogen) atoms. The Morgan fingerprint density at radius 1 is 1.11 bits per heavy atom. The van der Waals surface area contributed by atoms with Gasteiger partial charge in [0.15, 0.2) is 0 Å². The van der Waals surface area contributed by atoms with Crippen molar-refractivity contribution in [3.05, 3.63) is 47.8 Å². The fraction of sp³-hybridized carbons (Fsp3) is 0.333. The van der Waals surface area contributed by atoms with Crippen molar-refractivity contribution in [2.75, 3.05) is 6.54 Å². The van der Waals surface area contributed by atoms with Crippen LogP contribution < -0.4 is 10.5 Å². The average Bonchev–Trinajstić information content (AvgIpc) is 2.42. The van der Waals surface area contributed by atoms with Gasteiger partial charge in [0, 0.05) is 12.4 Å². The number of rotatable bonds is 5. The topological polar surface area (TPSA) is 61.0 Å². The highest BCUT2D eigenvalue weighted by atomic mass is 16.5. The lowest BCUT2D eigenvalue weighted by Gasteiger charge is -2.07. The van der Waals surface area contributed by atoms with Crippen LogP contribution in [0.15, 0.2) is 36.7 Å². The van der Waals surface area contributed by atoms with Crippen LogP contribution >= 0.6 is 0 Å². The van der Waals surface area contributed by atoms with E-state index in [1.54, 1.807) is 12.4 Å². The minimum absolute atomic E-state index is 0.359. The molecule has 0 fully saturated rings. The van der Waals surface area contributed by atoms with Crippen LogP contribution in [0.1, 0.15) is 30.9 Å². The third kappa shape index (κ3) is 3.76. The second-order valence-electron chi connectivity index (χ2n) is 4.74. The van der Waals surface area contributed by atoms with E-state index in [-0.39, 0.29) is 0 Å². The van der Waals surface area contributed by atoms with Crippen LogP contribution in [0.5, 0.6) is 11.8 Å². The van der Waals surface area contributed by atoms with Crippen molar-refractivity contribution in [3.8, 4) is 11.8 Å². The van der Waals surface area contributed by atoms with Crippen LogP contribution in [-0.2, 0) is 6.42 Å². The lowest BCUT2D eigenvalue weighted by Crippen LogP contribution is -2.03. The molecule has 0 saturated heterocycles. The maximum atomic E-state index is 5.59. The monoisotopic (exact) mass is 257 g/mol. The van der Waals surface area contributed by atoms with Gasteiger partial charge in [0.1, 0.15) is 5.75 Å². The predicted molar refractivity (Wildman–Crippen MR) is 75.4 cm³/mol. The number of benzene rings is 1. The van der Waals surface area contributed by atoms with E-state index in [9.17, 15) is 0 Å². The number of hydrogen-bond acceptors (Lipinski definition) is 4. The van der Waals surface area contributed by atoms with Gasteiger partial charge < -0.3 is 10.5 Å². The maximum Gasteiger partial charge on any atom is 0.321 e. The van der Waals surface area contributed by atoms with Gasteiger partial charge in [-0.25, -0.2) is 9.97 Å². The Morgan fingerprint density at radius 3 is 2.26 bits per heavy atom. The molecule has 1 aromatic carbocycles. The summed E-state index contributed by atoms with van der Waals surface area (Å²) in [6.45, 7) is 4.92. The molecule has 2 aromatic rings. The molecule has 0 amide bonds. The number of nitrogens with zero attached hydrogens (tertiary/aromatic N) is 2. The molecule has 4 nitrogen and oxygen atoms in total. The highest BCUT2D eigenvalue weighted by Gasteiger charge is 2.03. The van der Waals surface area contributed by atoms with Crippen LogP contribution in [0, 0.1) is 0 Å². The van der Waals surface area contributed by atoms with Crippen molar-refractivity contribution in [1.29, 1.82) is 0 Å². The minimum Gasteiger partial charge on any atom is -0.424 e. The lowest BCUT2D eigenvalue weighted by molar-refractivity contribution is 0.440. The second kappa shape index (κ2) is 6.29. The molecule has 0 unspecified atom stereocenters. The standard InChI is InChI=1S/C15H19N3O/c1-11(2)13-3-5-14(6-4-13)19-15-17-9-12(7-8-16)10-18-15/h3-6,9-11H,7-8,16H2,1-2H3. The molecule has 2 N–H and O–H groups in total. The third-order valence-corrected chi connectivity index (χ3v) is 2.87. The van der Waals surface area contributed by atoms with Crippen LogP contribution in [0.25, 0.3) is 0 Å².